The number of rotatable bonds is 5. The van der Waals surface area contributed by atoms with E-state index in [-0.39, 0.29) is 28.0 Å². The van der Waals surface area contributed by atoms with E-state index in [0.29, 0.717) is 5.56 Å². The number of nitrogens with two attached hydrogens (primary N) is 1. The average molecular weight is 309 g/mol. The molecule has 0 amide bonds. The van der Waals surface area contributed by atoms with Crippen molar-refractivity contribution in [1.82, 2.24) is 4.31 Å². The van der Waals surface area contributed by atoms with Gasteiger partial charge in [0.25, 0.3) is 0 Å². The summed E-state index contributed by atoms with van der Waals surface area (Å²) in [5.41, 5.74) is 5.99. The number of hydrogen-bond acceptors (Lipinski definition) is 3. The third-order valence-corrected chi connectivity index (χ3v) is 5.00. The van der Waals surface area contributed by atoms with Crippen LogP contribution in [0.25, 0.3) is 0 Å². The monoisotopic (exact) mass is 308 g/mol. The average Bonchev–Trinajstić information content (AvgIpc) is 2.31. The third kappa shape index (κ3) is 3.05. The summed E-state index contributed by atoms with van der Waals surface area (Å²) in [7, 11) is -2.26. The maximum Gasteiger partial charge on any atom is 0.244 e. The molecule has 0 radical (unpaired) electrons. The van der Waals surface area contributed by atoms with E-state index in [1.807, 2.05) is 0 Å². The molecule has 100 valence electrons. The molecular formula is C11H14Cl2N2O2S. The lowest BCUT2D eigenvalue weighted by Gasteiger charge is -2.17. The molecule has 0 fully saturated rings. The van der Waals surface area contributed by atoms with Crippen molar-refractivity contribution in [2.75, 3.05) is 13.6 Å². The SMILES string of the molecule is C=CCN(C)S(=O)(=O)c1cc(Cl)cc(CN)c1Cl. The zero-order chi connectivity index (χ0) is 13.9. The van der Waals surface area contributed by atoms with Crippen LogP contribution >= 0.6 is 23.2 Å². The van der Waals surface area contributed by atoms with E-state index in [1.165, 1.54) is 19.2 Å². The summed E-state index contributed by atoms with van der Waals surface area (Å²) in [6.07, 6.45) is 1.49. The van der Waals surface area contributed by atoms with E-state index in [1.54, 1.807) is 6.07 Å². The summed E-state index contributed by atoms with van der Waals surface area (Å²) in [4.78, 5) is -0.0403. The highest BCUT2D eigenvalue weighted by Gasteiger charge is 2.24. The lowest BCUT2D eigenvalue weighted by Crippen LogP contribution is -2.27. The smallest absolute Gasteiger partial charge is 0.244 e. The van der Waals surface area contributed by atoms with Crippen molar-refractivity contribution in [3.05, 3.63) is 40.4 Å². The number of hydrogen-bond donors (Lipinski definition) is 1. The van der Waals surface area contributed by atoms with Crippen LogP contribution in [0.5, 0.6) is 0 Å². The second kappa shape index (κ2) is 6.04. The highest BCUT2D eigenvalue weighted by atomic mass is 35.5. The Labute approximate surface area is 117 Å². The van der Waals surface area contributed by atoms with Crippen molar-refractivity contribution in [2.24, 2.45) is 5.73 Å². The van der Waals surface area contributed by atoms with Gasteiger partial charge in [-0.2, -0.15) is 4.31 Å². The van der Waals surface area contributed by atoms with E-state index in [9.17, 15) is 8.42 Å². The fraction of sp³-hybridized carbons (Fsp3) is 0.273. The molecular weight excluding hydrogens is 295 g/mol. The van der Waals surface area contributed by atoms with Crippen LogP contribution in [-0.4, -0.2) is 26.3 Å². The molecule has 1 aromatic rings. The Balaban J connectivity index is 3.41. The van der Waals surface area contributed by atoms with Crippen molar-refractivity contribution >= 4 is 33.2 Å². The highest BCUT2D eigenvalue weighted by Crippen LogP contribution is 2.30. The van der Waals surface area contributed by atoms with Gasteiger partial charge in [-0.25, -0.2) is 8.42 Å². The fourth-order valence-electron chi connectivity index (χ4n) is 1.40. The van der Waals surface area contributed by atoms with E-state index < -0.39 is 10.0 Å². The van der Waals surface area contributed by atoms with E-state index in [2.05, 4.69) is 6.58 Å². The Morgan fingerprint density at radius 3 is 2.56 bits per heavy atom. The minimum Gasteiger partial charge on any atom is -0.326 e. The standard InChI is InChI=1S/C11H14Cl2N2O2S/c1-3-4-15(2)18(16,17)10-6-9(12)5-8(7-14)11(10)13/h3,5-6H,1,4,7,14H2,2H3. The molecule has 0 atom stereocenters. The van der Waals surface area contributed by atoms with Gasteiger partial charge in [0.1, 0.15) is 4.90 Å². The zero-order valence-electron chi connectivity index (χ0n) is 9.86. The Kier molecular flexibility index (Phi) is 5.19. The molecule has 0 unspecified atom stereocenters. The van der Waals surface area contributed by atoms with Crippen LogP contribution in [0, 0.1) is 0 Å². The molecule has 0 spiro atoms. The first-order valence-corrected chi connectivity index (χ1v) is 7.29. The summed E-state index contributed by atoms with van der Waals surface area (Å²) in [6.45, 7) is 3.80. The van der Waals surface area contributed by atoms with Gasteiger partial charge in [-0.05, 0) is 17.7 Å². The Hall–Kier alpha value is -0.590. The van der Waals surface area contributed by atoms with Crippen LogP contribution in [0.3, 0.4) is 0 Å². The molecule has 0 aliphatic carbocycles. The summed E-state index contributed by atoms with van der Waals surface area (Å²) in [6, 6.07) is 2.87. The molecule has 0 bridgehead atoms. The molecule has 2 N–H and O–H groups in total. The van der Waals surface area contributed by atoms with Crippen molar-refractivity contribution in [2.45, 2.75) is 11.4 Å². The first kappa shape index (κ1) is 15.5. The van der Waals surface area contributed by atoms with Gasteiger partial charge >= 0.3 is 0 Å². The van der Waals surface area contributed by atoms with Crippen molar-refractivity contribution in [1.29, 1.82) is 0 Å². The van der Waals surface area contributed by atoms with Gasteiger partial charge in [-0.1, -0.05) is 29.3 Å². The van der Waals surface area contributed by atoms with E-state index >= 15 is 0 Å². The van der Waals surface area contributed by atoms with Gasteiger partial charge in [0.05, 0.1) is 5.02 Å². The maximum absolute atomic E-state index is 12.3. The van der Waals surface area contributed by atoms with Crippen LogP contribution in [0.2, 0.25) is 10.0 Å². The Morgan fingerprint density at radius 2 is 2.06 bits per heavy atom. The Bertz CT molecular complexity index is 558. The number of nitrogens with zero attached hydrogens (tertiary/aromatic N) is 1. The van der Waals surface area contributed by atoms with Crippen LogP contribution in [0.4, 0.5) is 0 Å². The third-order valence-electron chi connectivity index (χ3n) is 2.37. The van der Waals surface area contributed by atoms with Gasteiger partial charge in [-0.15, -0.1) is 6.58 Å². The molecule has 0 saturated carbocycles. The molecule has 1 rings (SSSR count). The van der Waals surface area contributed by atoms with Gasteiger partial charge in [0, 0.05) is 25.2 Å². The largest absolute Gasteiger partial charge is 0.326 e. The molecule has 0 aliphatic heterocycles. The number of halogens is 2. The van der Waals surface area contributed by atoms with E-state index in [4.69, 9.17) is 28.9 Å². The number of likely N-dealkylation sites (N-methyl/N-ethyl adjacent to an activating group) is 1. The molecule has 4 nitrogen and oxygen atoms in total. The summed E-state index contributed by atoms with van der Waals surface area (Å²) in [5.74, 6) is 0. The molecule has 0 aromatic heterocycles. The molecule has 0 saturated heterocycles. The summed E-state index contributed by atoms with van der Waals surface area (Å²) >= 11 is 11.9. The van der Waals surface area contributed by atoms with Crippen molar-refractivity contribution < 1.29 is 8.42 Å². The van der Waals surface area contributed by atoms with E-state index in [0.717, 1.165) is 4.31 Å². The first-order valence-electron chi connectivity index (χ1n) is 5.09. The van der Waals surface area contributed by atoms with Gasteiger partial charge in [0.2, 0.25) is 10.0 Å². The summed E-state index contributed by atoms with van der Waals surface area (Å²) in [5, 5.41) is 0.392. The number of benzene rings is 1. The lowest BCUT2D eigenvalue weighted by molar-refractivity contribution is 0.499. The maximum atomic E-state index is 12.3. The predicted octanol–water partition coefficient (Wildman–Crippen LogP) is 2.26. The normalized spacial score (nSPS) is 11.8. The van der Waals surface area contributed by atoms with Crippen LogP contribution in [0.15, 0.2) is 29.7 Å². The van der Waals surface area contributed by atoms with Crippen molar-refractivity contribution in [3.8, 4) is 0 Å². The predicted molar refractivity (Wildman–Crippen MR) is 74.4 cm³/mol. The highest BCUT2D eigenvalue weighted by molar-refractivity contribution is 7.89. The van der Waals surface area contributed by atoms with Gasteiger partial charge in [-0.3, -0.25) is 0 Å². The minimum absolute atomic E-state index is 0.0403. The fourth-order valence-corrected chi connectivity index (χ4v) is 3.46. The number of sulfonamides is 1. The molecule has 0 aliphatic rings. The molecule has 0 heterocycles. The quantitative estimate of drug-likeness (QED) is 0.849. The second-order valence-corrected chi connectivity index (χ2v) is 6.48. The first-order chi connectivity index (χ1) is 8.34. The second-order valence-electron chi connectivity index (χ2n) is 3.66. The van der Waals surface area contributed by atoms with Crippen LogP contribution in [-0.2, 0) is 16.6 Å². The van der Waals surface area contributed by atoms with Crippen LogP contribution < -0.4 is 5.73 Å². The lowest BCUT2D eigenvalue weighted by atomic mass is 10.2. The molecule has 7 heteroatoms. The zero-order valence-corrected chi connectivity index (χ0v) is 12.2. The molecule has 1 aromatic carbocycles. The Morgan fingerprint density at radius 1 is 1.44 bits per heavy atom. The minimum atomic E-state index is -3.70. The molecule has 18 heavy (non-hydrogen) atoms. The summed E-state index contributed by atoms with van der Waals surface area (Å²) < 4.78 is 25.7. The topological polar surface area (TPSA) is 63.4 Å². The van der Waals surface area contributed by atoms with Gasteiger partial charge < -0.3 is 5.73 Å². The van der Waals surface area contributed by atoms with Crippen molar-refractivity contribution in [3.63, 3.8) is 0 Å². The van der Waals surface area contributed by atoms with Gasteiger partial charge in [0.15, 0.2) is 0 Å². The van der Waals surface area contributed by atoms with Crippen LogP contribution in [0.1, 0.15) is 5.56 Å².